The lowest BCUT2D eigenvalue weighted by atomic mass is 10.1. The highest BCUT2D eigenvalue weighted by Gasteiger charge is 2.30. The summed E-state index contributed by atoms with van der Waals surface area (Å²) in [4.78, 5) is 10.3. The quantitative estimate of drug-likeness (QED) is 0.582. The average molecular weight is 266 g/mol. The summed E-state index contributed by atoms with van der Waals surface area (Å²) in [6.45, 7) is 1.65. The molecule has 1 aliphatic rings. The molecule has 8 heteroatoms. The van der Waals surface area contributed by atoms with Gasteiger partial charge in [0.25, 0.3) is 0 Å². The maximum atomic E-state index is 11.4. The first-order chi connectivity index (χ1) is 7.31. The summed E-state index contributed by atoms with van der Waals surface area (Å²) in [6.07, 6.45) is -0.327. The molecule has 2 atom stereocenters. The Hall–Kier alpha value is -0.890. The lowest BCUT2D eigenvalue weighted by molar-refractivity contribution is 0.200. The molecule has 0 spiro atoms. The maximum absolute atomic E-state index is 11.4. The van der Waals surface area contributed by atoms with Gasteiger partial charge in [-0.3, -0.25) is 5.32 Å². The van der Waals surface area contributed by atoms with Gasteiger partial charge in [0.05, 0.1) is 11.0 Å². The monoisotopic (exact) mass is 266 g/mol. The molecular formula is C8H14N2O4S2. The molecule has 1 amide bonds. The van der Waals surface area contributed by atoms with Crippen molar-refractivity contribution in [2.45, 2.75) is 31.1 Å². The average Bonchev–Trinajstić information content (AvgIpc) is 2.10. The van der Waals surface area contributed by atoms with Gasteiger partial charge in [-0.05, 0) is 32.0 Å². The van der Waals surface area contributed by atoms with Crippen molar-refractivity contribution < 1.29 is 18.3 Å². The Morgan fingerprint density at radius 1 is 1.50 bits per heavy atom. The van der Waals surface area contributed by atoms with Crippen molar-refractivity contribution in [2.24, 2.45) is 0 Å². The number of carbonyl (C=O) groups is 1. The van der Waals surface area contributed by atoms with E-state index in [-0.39, 0.29) is 16.9 Å². The lowest BCUT2D eigenvalue weighted by Gasteiger charge is -2.28. The summed E-state index contributed by atoms with van der Waals surface area (Å²) in [5.41, 5.74) is 0. The highest BCUT2D eigenvalue weighted by atomic mass is 32.2. The van der Waals surface area contributed by atoms with Crippen molar-refractivity contribution in [3.8, 4) is 0 Å². The summed E-state index contributed by atoms with van der Waals surface area (Å²) >= 11 is 4.75. The van der Waals surface area contributed by atoms with Gasteiger partial charge < -0.3 is 10.4 Å². The fourth-order valence-corrected chi connectivity index (χ4v) is 3.42. The first-order valence-corrected chi connectivity index (χ1v) is 6.95. The second kappa shape index (κ2) is 4.96. The third kappa shape index (κ3) is 3.60. The number of hydrogen-bond acceptors (Lipinski definition) is 4. The zero-order valence-corrected chi connectivity index (χ0v) is 10.4. The third-order valence-electron chi connectivity index (χ3n) is 2.54. The van der Waals surface area contributed by atoms with Crippen molar-refractivity contribution in [3.05, 3.63) is 0 Å². The van der Waals surface area contributed by atoms with E-state index in [0.29, 0.717) is 12.8 Å². The van der Waals surface area contributed by atoms with Gasteiger partial charge in [0.15, 0.2) is 14.9 Å². The van der Waals surface area contributed by atoms with Crippen molar-refractivity contribution in [1.29, 1.82) is 0 Å². The van der Waals surface area contributed by atoms with E-state index in [1.54, 1.807) is 6.92 Å². The molecule has 1 fully saturated rings. The van der Waals surface area contributed by atoms with E-state index in [4.69, 9.17) is 17.3 Å². The minimum atomic E-state index is -2.97. The molecule has 1 saturated heterocycles. The molecule has 1 heterocycles. The standard InChI is InChI=1S/C8H14N2O4S2/c1-5-4-6(2-3-16(5,13)14)9-7(15)10-8(11)12/h5-6H,2-4H2,1H3,(H,11,12)(H2,9,10,15). The highest BCUT2D eigenvalue weighted by Crippen LogP contribution is 2.19. The Morgan fingerprint density at radius 2 is 2.12 bits per heavy atom. The van der Waals surface area contributed by atoms with Crippen LogP contribution in [0.4, 0.5) is 4.79 Å². The van der Waals surface area contributed by atoms with Gasteiger partial charge in [0.1, 0.15) is 0 Å². The van der Waals surface area contributed by atoms with Crippen LogP contribution in [0.25, 0.3) is 0 Å². The van der Waals surface area contributed by atoms with E-state index in [0.717, 1.165) is 0 Å². The van der Waals surface area contributed by atoms with Crippen LogP contribution >= 0.6 is 12.2 Å². The fraction of sp³-hybridized carbons (Fsp3) is 0.750. The maximum Gasteiger partial charge on any atom is 0.410 e. The van der Waals surface area contributed by atoms with Gasteiger partial charge in [-0.2, -0.15) is 0 Å². The number of hydrogen-bond donors (Lipinski definition) is 3. The summed E-state index contributed by atoms with van der Waals surface area (Å²) in [5, 5.41) is 12.8. The second-order valence-electron chi connectivity index (χ2n) is 3.80. The zero-order valence-electron chi connectivity index (χ0n) is 8.76. The number of thiocarbonyl (C=S) groups is 1. The summed E-state index contributed by atoms with van der Waals surface area (Å²) in [6, 6.07) is -0.0853. The van der Waals surface area contributed by atoms with Crippen molar-refractivity contribution in [3.63, 3.8) is 0 Å². The van der Waals surface area contributed by atoms with E-state index in [9.17, 15) is 13.2 Å². The molecular weight excluding hydrogens is 252 g/mol. The first-order valence-electron chi connectivity index (χ1n) is 4.83. The molecule has 0 radical (unpaired) electrons. The Balaban J connectivity index is 2.47. The normalized spacial score (nSPS) is 28.1. The van der Waals surface area contributed by atoms with Crippen molar-refractivity contribution in [1.82, 2.24) is 10.6 Å². The van der Waals surface area contributed by atoms with Crippen molar-refractivity contribution in [2.75, 3.05) is 5.75 Å². The lowest BCUT2D eigenvalue weighted by Crippen LogP contribution is -2.48. The third-order valence-corrected chi connectivity index (χ3v) is 4.98. The zero-order chi connectivity index (χ0) is 12.3. The minimum absolute atomic E-state index is 0.0176. The molecule has 92 valence electrons. The Kier molecular flexibility index (Phi) is 4.09. The number of carboxylic acid groups (broad SMARTS) is 1. The van der Waals surface area contributed by atoms with Gasteiger partial charge >= 0.3 is 6.09 Å². The van der Waals surface area contributed by atoms with Crippen LogP contribution in [0.5, 0.6) is 0 Å². The van der Waals surface area contributed by atoms with Crippen LogP contribution < -0.4 is 10.6 Å². The van der Waals surface area contributed by atoms with E-state index >= 15 is 0 Å². The molecule has 3 N–H and O–H groups in total. The molecule has 0 aromatic heterocycles. The summed E-state index contributed by atoms with van der Waals surface area (Å²) < 4.78 is 22.8. The van der Waals surface area contributed by atoms with Gasteiger partial charge in [0, 0.05) is 6.04 Å². The van der Waals surface area contributed by atoms with Gasteiger partial charge in [-0.1, -0.05) is 0 Å². The first kappa shape index (κ1) is 13.2. The number of amides is 1. The molecule has 0 aliphatic carbocycles. The molecule has 1 aliphatic heterocycles. The minimum Gasteiger partial charge on any atom is -0.465 e. The SMILES string of the molecule is CC1CC(NC(=S)NC(=O)O)CCS1(=O)=O. The van der Waals surface area contributed by atoms with Gasteiger partial charge in [-0.15, -0.1) is 0 Å². The number of rotatable bonds is 1. The van der Waals surface area contributed by atoms with E-state index in [1.165, 1.54) is 0 Å². The number of nitrogens with one attached hydrogen (secondary N) is 2. The van der Waals surface area contributed by atoms with Crippen LogP contribution in [0.15, 0.2) is 0 Å². The molecule has 6 nitrogen and oxygen atoms in total. The predicted molar refractivity (Wildman–Crippen MR) is 63.2 cm³/mol. The number of sulfone groups is 1. The van der Waals surface area contributed by atoms with Crippen LogP contribution in [0.1, 0.15) is 19.8 Å². The summed E-state index contributed by atoms with van der Waals surface area (Å²) in [7, 11) is -2.97. The fourth-order valence-electron chi connectivity index (χ4n) is 1.62. The smallest absolute Gasteiger partial charge is 0.410 e. The van der Waals surface area contributed by atoms with Crippen LogP contribution in [0.2, 0.25) is 0 Å². The second-order valence-corrected chi connectivity index (χ2v) is 6.75. The molecule has 16 heavy (non-hydrogen) atoms. The molecule has 1 rings (SSSR count). The molecule has 2 unspecified atom stereocenters. The molecule has 0 aromatic carbocycles. The molecule has 0 bridgehead atoms. The Bertz CT molecular complexity index is 393. The van der Waals surface area contributed by atoms with E-state index < -0.39 is 21.2 Å². The van der Waals surface area contributed by atoms with Crippen molar-refractivity contribution >= 4 is 33.3 Å². The highest BCUT2D eigenvalue weighted by molar-refractivity contribution is 7.92. The van der Waals surface area contributed by atoms with Crippen LogP contribution in [0, 0.1) is 0 Å². The van der Waals surface area contributed by atoms with Crippen LogP contribution in [-0.2, 0) is 9.84 Å². The van der Waals surface area contributed by atoms with Gasteiger partial charge in [0.2, 0.25) is 0 Å². The predicted octanol–water partition coefficient (Wildman–Crippen LogP) is 0.0942. The van der Waals surface area contributed by atoms with Crippen LogP contribution in [-0.4, -0.2) is 41.8 Å². The Morgan fingerprint density at radius 3 is 2.62 bits per heavy atom. The van der Waals surface area contributed by atoms with Gasteiger partial charge in [-0.25, -0.2) is 13.2 Å². The van der Waals surface area contributed by atoms with E-state index in [2.05, 4.69) is 5.32 Å². The Labute approximate surface area is 99.3 Å². The van der Waals surface area contributed by atoms with Crippen LogP contribution in [0.3, 0.4) is 0 Å². The summed E-state index contributed by atoms with van der Waals surface area (Å²) in [5.74, 6) is 0.113. The largest absolute Gasteiger partial charge is 0.465 e. The molecule has 0 aromatic rings. The topological polar surface area (TPSA) is 95.5 Å². The van der Waals surface area contributed by atoms with E-state index in [1.807, 2.05) is 5.32 Å². The molecule has 0 saturated carbocycles.